The average molecular weight is 371 g/mol. The van der Waals surface area contributed by atoms with Crippen molar-refractivity contribution < 1.29 is 4.79 Å². The quantitative estimate of drug-likeness (QED) is 0.514. The van der Waals surface area contributed by atoms with Gasteiger partial charge in [-0.15, -0.1) is 10.2 Å². The molecule has 130 valence electrons. The lowest BCUT2D eigenvalue weighted by atomic mass is 10.1. The van der Waals surface area contributed by atoms with Crippen LogP contribution in [0.2, 0.25) is 0 Å². The third-order valence-electron chi connectivity index (χ3n) is 4.29. The molecule has 0 bridgehead atoms. The van der Waals surface area contributed by atoms with E-state index in [4.69, 9.17) is 0 Å². The zero-order valence-electron chi connectivity index (χ0n) is 14.0. The number of anilines is 1. The van der Waals surface area contributed by atoms with Crippen molar-refractivity contribution in [2.24, 2.45) is 0 Å². The zero-order chi connectivity index (χ0) is 18.2. The highest BCUT2D eigenvalue weighted by Crippen LogP contribution is 2.26. The first kappa shape index (κ1) is 15.7. The second kappa shape index (κ2) is 6.30. The number of carbonyl (C=O) groups is 1. The fraction of sp³-hybridized carbons (Fsp3) is 0. The molecular formula is C20H13N5OS. The highest BCUT2D eigenvalue weighted by molar-refractivity contribution is 7.19. The maximum atomic E-state index is 12.6. The van der Waals surface area contributed by atoms with Gasteiger partial charge in [0.25, 0.3) is 5.91 Å². The van der Waals surface area contributed by atoms with E-state index in [9.17, 15) is 4.79 Å². The summed E-state index contributed by atoms with van der Waals surface area (Å²) in [6, 6.07) is 21.3. The Morgan fingerprint density at radius 2 is 1.78 bits per heavy atom. The Bertz CT molecular complexity index is 1240. The predicted octanol–water partition coefficient (Wildman–Crippen LogP) is 4.26. The van der Waals surface area contributed by atoms with Crippen LogP contribution >= 0.6 is 11.3 Å². The van der Waals surface area contributed by atoms with Crippen molar-refractivity contribution in [3.63, 3.8) is 0 Å². The van der Waals surface area contributed by atoms with Crippen molar-refractivity contribution in [1.82, 2.24) is 19.8 Å². The molecule has 6 nitrogen and oxygen atoms in total. The summed E-state index contributed by atoms with van der Waals surface area (Å²) >= 11 is 1.47. The molecule has 0 radical (unpaired) electrons. The van der Waals surface area contributed by atoms with Gasteiger partial charge in [0.15, 0.2) is 0 Å². The van der Waals surface area contributed by atoms with Crippen LogP contribution in [0.1, 0.15) is 10.4 Å². The molecule has 7 heteroatoms. The first-order chi connectivity index (χ1) is 13.3. The molecule has 0 saturated carbocycles. The van der Waals surface area contributed by atoms with E-state index in [0.29, 0.717) is 5.56 Å². The SMILES string of the molecule is O=C(Nc1ccc(-c2nn3cnnc3s2)cc1)c1ccc2ccccc2c1. The molecule has 1 amide bonds. The van der Waals surface area contributed by atoms with E-state index >= 15 is 0 Å². The van der Waals surface area contributed by atoms with E-state index in [1.165, 1.54) is 11.3 Å². The van der Waals surface area contributed by atoms with E-state index in [1.54, 1.807) is 10.8 Å². The number of rotatable bonds is 3. The zero-order valence-corrected chi connectivity index (χ0v) is 14.9. The summed E-state index contributed by atoms with van der Waals surface area (Å²) in [7, 11) is 0. The van der Waals surface area contributed by atoms with Crippen LogP contribution in [0.15, 0.2) is 73.1 Å². The molecule has 2 aromatic heterocycles. The average Bonchev–Trinajstić information content (AvgIpc) is 3.30. The number of carbonyl (C=O) groups excluding carboxylic acids is 1. The first-order valence-corrected chi connectivity index (χ1v) is 9.15. The van der Waals surface area contributed by atoms with Crippen LogP contribution in [0.4, 0.5) is 5.69 Å². The van der Waals surface area contributed by atoms with Crippen LogP contribution in [-0.4, -0.2) is 25.7 Å². The lowest BCUT2D eigenvalue weighted by Crippen LogP contribution is -2.11. The third kappa shape index (κ3) is 2.94. The minimum Gasteiger partial charge on any atom is -0.322 e. The van der Waals surface area contributed by atoms with Crippen LogP contribution < -0.4 is 5.32 Å². The molecule has 0 saturated heterocycles. The number of amides is 1. The maximum absolute atomic E-state index is 12.6. The first-order valence-electron chi connectivity index (χ1n) is 8.34. The minimum atomic E-state index is -0.132. The van der Waals surface area contributed by atoms with Crippen LogP contribution in [0, 0.1) is 0 Å². The van der Waals surface area contributed by atoms with Gasteiger partial charge >= 0.3 is 0 Å². The van der Waals surface area contributed by atoms with E-state index in [1.807, 2.05) is 66.7 Å². The molecule has 0 aliphatic rings. The third-order valence-corrected chi connectivity index (χ3v) is 5.25. The van der Waals surface area contributed by atoms with E-state index in [0.717, 1.165) is 32.0 Å². The Balaban J connectivity index is 1.36. The molecule has 0 fully saturated rings. The number of nitrogens with one attached hydrogen (secondary N) is 1. The van der Waals surface area contributed by atoms with Gasteiger partial charge in [-0.3, -0.25) is 4.79 Å². The molecule has 27 heavy (non-hydrogen) atoms. The number of nitrogens with zero attached hydrogens (tertiary/aromatic N) is 4. The number of aromatic nitrogens is 4. The lowest BCUT2D eigenvalue weighted by molar-refractivity contribution is 0.102. The molecule has 5 aromatic rings. The number of fused-ring (bicyclic) bond motifs is 2. The van der Waals surface area contributed by atoms with Crippen LogP contribution in [0.25, 0.3) is 26.3 Å². The van der Waals surface area contributed by atoms with Crippen LogP contribution in [-0.2, 0) is 0 Å². The van der Waals surface area contributed by atoms with E-state index < -0.39 is 0 Å². The van der Waals surface area contributed by atoms with E-state index in [-0.39, 0.29) is 5.91 Å². The van der Waals surface area contributed by atoms with Gasteiger partial charge in [0, 0.05) is 16.8 Å². The van der Waals surface area contributed by atoms with Gasteiger partial charge < -0.3 is 5.32 Å². The van der Waals surface area contributed by atoms with Gasteiger partial charge in [-0.1, -0.05) is 41.7 Å². The largest absolute Gasteiger partial charge is 0.322 e. The number of hydrogen-bond donors (Lipinski definition) is 1. The monoisotopic (exact) mass is 371 g/mol. The second-order valence-electron chi connectivity index (χ2n) is 6.06. The van der Waals surface area contributed by atoms with Gasteiger partial charge in [-0.25, -0.2) is 0 Å². The van der Waals surface area contributed by atoms with Gasteiger partial charge in [-0.05, 0) is 47.2 Å². The van der Waals surface area contributed by atoms with Crippen molar-refractivity contribution in [2.75, 3.05) is 5.32 Å². The Labute approximate surface area is 158 Å². The minimum absolute atomic E-state index is 0.132. The van der Waals surface area contributed by atoms with Crippen molar-refractivity contribution in [3.8, 4) is 10.6 Å². The van der Waals surface area contributed by atoms with Crippen molar-refractivity contribution in [3.05, 3.63) is 78.6 Å². The molecule has 3 aromatic carbocycles. The normalized spacial score (nSPS) is 11.1. The summed E-state index contributed by atoms with van der Waals surface area (Å²) < 4.78 is 1.65. The number of hydrogen-bond acceptors (Lipinski definition) is 5. The van der Waals surface area contributed by atoms with Gasteiger partial charge in [0.05, 0.1) is 0 Å². The summed E-state index contributed by atoms with van der Waals surface area (Å²) in [6.45, 7) is 0. The smallest absolute Gasteiger partial charge is 0.255 e. The van der Waals surface area contributed by atoms with Crippen molar-refractivity contribution in [1.29, 1.82) is 0 Å². The van der Waals surface area contributed by atoms with Gasteiger partial charge in [-0.2, -0.15) is 9.61 Å². The predicted molar refractivity (Wildman–Crippen MR) is 106 cm³/mol. The molecule has 2 heterocycles. The Morgan fingerprint density at radius 3 is 2.59 bits per heavy atom. The van der Waals surface area contributed by atoms with Crippen molar-refractivity contribution in [2.45, 2.75) is 0 Å². The van der Waals surface area contributed by atoms with E-state index in [2.05, 4.69) is 20.6 Å². The fourth-order valence-electron chi connectivity index (χ4n) is 2.91. The molecule has 0 aliphatic heterocycles. The summed E-state index contributed by atoms with van der Waals surface area (Å²) in [5.41, 5.74) is 2.33. The highest BCUT2D eigenvalue weighted by atomic mass is 32.1. The Kier molecular flexibility index (Phi) is 3.65. The highest BCUT2D eigenvalue weighted by Gasteiger charge is 2.10. The fourth-order valence-corrected chi connectivity index (χ4v) is 3.73. The summed E-state index contributed by atoms with van der Waals surface area (Å²) in [6.07, 6.45) is 1.58. The van der Waals surface area contributed by atoms with Crippen molar-refractivity contribution >= 4 is 38.7 Å². The Morgan fingerprint density at radius 1 is 0.963 bits per heavy atom. The molecule has 0 aliphatic carbocycles. The molecule has 5 rings (SSSR count). The lowest BCUT2D eigenvalue weighted by Gasteiger charge is -2.07. The molecule has 0 atom stereocenters. The van der Waals surface area contributed by atoms with Gasteiger partial charge in [0.1, 0.15) is 11.3 Å². The molecule has 1 N–H and O–H groups in total. The van der Waals surface area contributed by atoms with Gasteiger partial charge in [0.2, 0.25) is 4.96 Å². The molecule has 0 spiro atoms. The Hall–Kier alpha value is -3.58. The molecular weight excluding hydrogens is 358 g/mol. The maximum Gasteiger partial charge on any atom is 0.255 e. The summed E-state index contributed by atoms with van der Waals surface area (Å²) in [5, 5.41) is 18.2. The van der Waals surface area contributed by atoms with Crippen LogP contribution in [0.3, 0.4) is 0 Å². The standard InChI is InChI=1S/C20H13N5OS/c26-18(16-6-5-13-3-1-2-4-15(13)11-16)22-17-9-7-14(8-10-17)19-24-25-12-21-23-20(25)27-19/h1-12H,(H,22,26). The number of benzene rings is 3. The second-order valence-corrected chi connectivity index (χ2v) is 7.01. The summed E-state index contributed by atoms with van der Waals surface area (Å²) in [5.74, 6) is -0.132. The van der Waals surface area contributed by atoms with Crippen LogP contribution in [0.5, 0.6) is 0 Å². The summed E-state index contributed by atoms with van der Waals surface area (Å²) in [4.78, 5) is 13.3. The molecule has 0 unspecified atom stereocenters. The topological polar surface area (TPSA) is 72.2 Å².